The third kappa shape index (κ3) is 2.58. The summed E-state index contributed by atoms with van der Waals surface area (Å²) < 4.78 is 0. The van der Waals surface area contributed by atoms with E-state index in [-0.39, 0.29) is 23.8 Å². The van der Waals surface area contributed by atoms with Crippen molar-refractivity contribution >= 4 is 17.6 Å². The van der Waals surface area contributed by atoms with Crippen LogP contribution in [0.15, 0.2) is 42.5 Å². The van der Waals surface area contributed by atoms with Crippen LogP contribution in [0.1, 0.15) is 12.8 Å². The first kappa shape index (κ1) is 15.2. The second-order valence-corrected chi connectivity index (χ2v) is 7.11. The summed E-state index contributed by atoms with van der Waals surface area (Å²) in [6.45, 7) is 1.69. The topological polar surface area (TPSA) is 69.6 Å². The number of hydrogen-bond donors (Lipinski definition) is 2. The minimum Gasteiger partial charge on any atom is -0.481 e. The summed E-state index contributed by atoms with van der Waals surface area (Å²) >= 11 is 0. The Kier molecular flexibility index (Phi) is 3.79. The molecule has 1 aromatic carbocycles. The van der Waals surface area contributed by atoms with Gasteiger partial charge in [-0.25, -0.2) is 0 Å². The van der Waals surface area contributed by atoms with Crippen molar-refractivity contribution in [3.63, 3.8) is 0 Å². The van der Waals surface area contributed by atoms with Crippen molar-refractivity contribution in [3.05, 3.63) is 42.5 Å². The van der Waals surface area contributed by atoms with E-state index in [0.717, 1.165) is 25.9 Å². The minimum atomic E-state index is -0.843. The van der Waals surface area contributed by atoms with Gasteiger partial charge in [0.05, 0.1) is 11.8 Å². The Morgan fingerprint density at radius 2 is 1.79 bits per heavy atom. The number of anilines is 1. The van der Waals surface area contributed by atoms with Gasteiger partial charge in [0, 0.05) is 24.8 Å². The first-order valence-corrected chi connectivity index (χ1v) is 8.65. The molecule has 1 saturated heterocycles. The smallest absolute Gasteiger partial charge is 0.307 e. The van der Waals surface area contributed by atoms with Crippen LogP contribution in [0.25, 0.3) is 0 Å². The van der Waals surface area contributed by atoms with Gasteiger partial charge in [-0.3, -0.25) is 9.59 Å². The zero-order valence-corrected chi connectivity index (χ0v) is 13.5. The molecule has 0 radical (unpaired) electrons. The number of aliphatic carboxylic acids is 1. The van der Waals surface area contributed by atoms with Gasteiger partial charge in [-0.1, -0.05) is 30.4 Å². The largest absolute Gasteiger partial charge is 0.481 e. The molecule has 5 nitrogen and oxygen atoms in total. The molecule has 1 aromatic rings. The van der Waals surface area contributed by atoms with Gasteiger partial charge in [0.2, 0.25) is 5.91 Å². The van der Waals surface area contributed by atoms with E-state index < -0.39 is 17.8 Å². The van der Waals surface area contributed by atoms with Gasteiger partial charge in [0.25, 0.3) is 0 Å². The fourth-order valence-corrected chi connectivity index (χ4v) is 4.57. The summed E-state index contributed by atoms with van der Waals surface area (Å²) in [6.07, 6.45) is 5.70. The number of nitrogens with zero attached hydrogens (tertiary/aromatic N) is 1. The molecule has 2 fully saturated rings. The first-order chi connectivity index (χ1) is 11.6. The highest BCUT2D eigenvalue weighted by molar-refractivity contribution is 5.87. The maximum Gasteiger partial charge on any atom is 0.307 e. The van der Waals surface area contributed by atoms with Crippen LogP contribution >= 0.6 is 0 Å². The summed E-state index contributed by atoms with van der Waals surface area (Å²) in [4.78, 5) is 26.5. The molecule has 5 unspecified atom stereocenters. The first-order valence-electron chi connectivity index (χ1n) is 8.65. The van der Waals surface area contributed by atoms with E-state index >= 15 is 0 Å². The van der Waals surface area contributed by atoms with Crippen LogP contribution in [0.5, 0.6) is 0 Å². The van der Waals surface area contributed by atoms with Crippen LogP contribution in [0.4, 0.5) is 5.69 Å². The summed E-state index contributed by atoms with van der Waals surface area (Å²) in [7, 11) is 0. The average Bonchev–Trinajstić information content (AvgIpc) is 3.30. The monoisotopic (exact) mass is 326 g/mol. The lowest BCUT2D eigenvalue weighted by Gasteiger charge is -2.26. The fraction of sp³-hybridized carbons (Fsp3) is 0.474. The summed E-state index contributed by atoms with van der Waals surface area (Å²) in [5.74, 6) is -1.80. The number of carbonyl (C=O) groups excluding carboxylic acids is 1. The zero-order chi connectivity index (χ0) is 16.7. The normalized spacial score (nSPS) is 33.8. The predicted molar refractivity (Wildman–Crippen MR) is 90.6 cm³/mol. The fourth-order valence-electron chi connectivity index (χ4n) is 4.57. The van der Waals surface area contributed by atoms with Crippen molar-refractivity contribution in [2.45, 2.75) is 18.9 Å². The van der Waals surface area contributed by atoms with Crippen molar-refractivity contribution < 1.29 is 14.7 Å². The lowest BCUT2D eigenvalue weighted by Crippen LogP contribution is -2.45. The highest BCUT2D eigenvalue weighted by Crippen LogP contribution is 2.48. The SMILES string of the molecule is O=C(O)C1C2C=CC(C2)C1C(=O)NC1CCN(c2ccccc2)C1. The Balaban J connectivity index is 1.40. The van der Waals surface area contributed by atoms with Crippen molar-refractivity contribution in [3.8, 4) is 0 Å². The summed E-state index contributed by atoms with van der Waals surface area (Å²) in [6, 6.07) is 10.3. The van der Waals surface area contributed by atoms with Gasteiger partial charge in [-0.15, -0.1) is 0 Å². The van der Waals surface area contributed by atoms with E-state index in [1.807, 2.05) is 30.4 Å². The van der Waals surface area contributed by atoms with Gasteiger partial charge in [0.15, 0.2) is 0 Å². The Hall–Kier alpha value is -2.30. The van der Waals surface area contributed by atoms with Gasteiger partial charge in [-0.05, 0) is 36.8 Å². The van der Waals surface area contributed by atoms with Crippen LogP contribution < -0.4 is 10.2 Å². The maximum absolute atomic E-state index is 12.7. The van der Waals surface area contributed by atoms with Crippen molar-refractivity contribution in [2.24, 2.45) is 23.7 Å². The molecule has 2 aliphatic carbocycles. The van der Waals surface area contributed by atoms with Gasteiger partial charge in [-0.2, -0.15) is 0 Å². The standard InChI is InChI=1S/C19H22N2O3/c22-18(16-12-6-7-13(10-12)17(16)19(23)24)20-14-8-9-21(11-14)15-4-2-1-3-5-15/h1-7,12-14,16-17H,8-11H2,(H,20,22)(H,23,24). The number of carboxylic acids is 1. The maximum atomic E-state index is 12.7. The van der Waals surface area contributed by atoms with Crippen molar-refractivity contribution in [1.82, 2.24) is 5.32 Å². The minimum absolute atomic E-state index is 0.0210. The molecule has 0 aromatic heterocycles. The molecule has 1 saturated carbocycles. The molecule has 4 rings (SSSR count). The zero-order valence-electron chi connectivity index (χ0n) is 13.5. The van der Waals surface area contributed by atoms with Crippen LogP contribution in [-0.4, -0.2) is 36.1 Å². The molecule has 2 N–H and O–H groups in total. The number of carboxylic acid groups (broad SMARTS) is 1. The number of amides is 1. The number of benzene rings is 1. The number of fused-ring (bicyclic) bond motifs is 2. The Bertz CT molecular complexity index is 672. The number of carbonyl (C=O) groups is 2. The van der Waals surface area contributed by atoms with Crippen molar-refractivity contribution in [2.75, 3.05) is 18.0 Å². The second-order valence-electron chi connectivity index (χ2n) is 7.11. The number of nitrogens with one attached hydrogen (secondary N) is 1. The molecule has 2 bridgehead atoms. The Morgan fingerprint density at radius 1 is 1.08 bits per heavy atom. The highest BCUT2D eigenvalue weighted by Gasteiger charge is 2.51. The number of hydrogen-bond acceptors (Lipinski definition) is 3. The lowest BCUT2D eigenvalue weighted by molar-refractivity contribution is -0.148. The number of para-hydroxylation sites is 1. The molecular weight excluding hydrogens is 304 g/mol. The quantitative estimate of drug-likeness (QED) is 0.829. The molecule has 1 heterocycles. The lowest BCUT2D eigenvalue weighted by atomic mass is 9.82. The Morgan fingerprint density at radius 3 is 2.50 bits per heavy atom. The second kappa shape index (κ2) is 5.96. The molecule has 5 heteroatoms. The molecule has 126 valence electrons. The van der Waals surface area contributed by atoms with E-state index in [4.69, 9.17) is 0 Å². The van der Waals surface area contributed by atoms with Crippen LogP contribution in [-0.2, 0) is 9.59 Å². The highest BCUT2D eigenvalue weighted by atomic mass is 16.4. The van der Waals surface area contributed by atoms with E-state index in [0.29, 0.717) is 0 Å². The van der Waals surface area contributed by atoms with E-state index in [9.17, 15) is 14.7 Å². The van der Waals surface area contributed by atoms with E-state index in [1.165, 1.54) is 5.69 Å². The van der Waals surface area contributed by atoms with E-state index in [1.54, 1.807) is 0 Å². The van der Waals surface area contributed by atoms with Crippen LogP contribution in [0, 0.1) is 23.7 Å². The predicted octanol–water partition coefficient (Wildman–Crippen LogP) is 1.90. The molecule has 24 heavy (non-hydrogen) atoms. The van der Waals surface area contributed by atoms with Crippen molar-refractivity contribution in [1.29, 1.82) is 0 Å². The Labute approximate surface area is 141 Å². The van der Waals surface area contributed by atoms with Gasteiger partial charge in [0.1, 0.15) is 0 Å². The number of allylic oxidation sites excluding steroid dienone is 2. The van der Waals surface area contributed by atoms with Crippen LogP contribution in [0.2, 0.25) is 0 Å². The summed E-state index contributed by atoms with van der Waals surface area (Å²) in [5.41, 5.74) is 1.17. The molecule has 1 aliphatic heterocycles. The average molecular weight is 326 g/mol. The van der Waals surface area contributed by atoms with E-state index in [2.05, 4.69) is 22.3 Å². The molecule has 5 atom stereocenters. The van der Waals surface area contributed by atoms with Crippen LogP contribution in [0.3, 0.4) is 0 Å². The molecule has 1 amide bonds. The molecule has 0 spiro atoms. The van der Waals surface area contributed by atoms with Gasteiger partial charge < -0.3 is 15.3 Å². The summed E-state index contributed by atoms with van der Waals surface area (Å²) in [5, 5.41) is 12.6. The molecule has 3 aliphatic rings. The third-order valence-electron chi connectivity index (χ3n) is 5.70. The van der Waals surface area contributed by atoms with Gasteiger partial charge >= 0.3 is 5.97 Å². The number of rotatable bonds is 4. The third-order valence-corrected chi connectivity index (χ3v) is 5.70. The molecular formula is C19H22N2O3.